The van der Waals surface area contributed by atoms with E-state index in [4.69, 9.17) is 4.18 Å². The van der Waals surface area contributed by atoms with E-state index in [1.165, 1.54) is 36.4 Å². The van der Waals surface area contributed by atoms with Gasteiger partial charge in [-0.3, -0.25) is 0 Å². The van der Waals surface area contributed by atoms with Crippen LogP contribution in [0.3, 0.4) is 0 Å². The normalized spacial score (nSPS) is 11.0. The van der Waals surface area contributed by atoms with Crippen LogP contribution in [0.15, 0.2) is 65.6 Å². The number of phenolic OH excluding ortho intramolecular Hbond substituents is 1. The molecule has 0 atom stereocenters. The predicted molar refractivity (Wildman–Crippen MR) is 116 cm³/mol. The number of aryl methyl sites for hydroxylation is 3. The fourth-order valence-electron chi connectivity index (χ4n) is 3.16. The lowest BCUT2D eigenvalue weighted by Gasteiger charge is -2.13. The van der Waals surface area contributed by atoms with Crippen molar-refractivity contribution < 1.29 is 22.5 Å². The first kappa shape index (κ1) is 21.2. The van der Waals surface area contributed by atoms with Gasteiger partial charge in [-0.15, -0.1) is 0 Å². The van der Waals surface area contributed by atoms with Gasteiger partial charge in [0.1, 0.15) is 16.4 Å². The number of phenols is 1. The van der Waals surface area contributed by atoms with Crippen LogP contribution in [-0.2, 0) is 10.1 Å². The average Bonchev–Trinajstić information content (AvgIpc) is 2.64. The zero-order valence-corrected chi connectivity index (χ0v) is 17.6. The van der Waals surface area contributed by atoms with Gasteiger partial charge in [-0.25, -0.2) is 4.79 Å². The van der Waals surface area contributed by atoms with E-state index in [1.807, 2.05) is 6.92 Å². The number of benzene rings is 3. The van der Waals surface area contributed by atoms with Crippen LogP contribution in [0.5, 0.6) is 11.5 Å². The Hall–Kier alpha value is -3.52. The Morgan fingerprint density at radius 2 is 1.30 bits per heavy atom. The van der Waals surface area contributed by atoms with Crippen molar-refractivity contribution in [1.82, 2.24) is 0 Å². The van der Waals surface area contributed by atoms with E-state index in [0.29, 0.717) is 22.5 Å². The minimum absolute atomic E-state index is 0.0996. The van der Waals surface area contributed by atoms with Crippen LogP contribution in [0.1, 0.15) is 16.7 Å². The number of aromatic hydroxyl groups is 1. The Morgan fingerprint density at radius 1 is 0.833 bits per heavy atom. The number of carbonyl (C=O) groups is 1. The summed E-state index contributed by atoms with van der Waals surface area (Å²) in [4.78, 5) is 12.2. The molecule has 0 aliphatic rings. The maximum absolute atomic E-state index is 12.7. The van der Waals surface area contributed by atoms with Gasteiger partial charge in [-0.05, 0) is 80.4 Å². The van der Waals surface area contributed by atoms with Crippen molar-refractivity contribution in [2.24, 2.45) is 0 Å². The molecule has 8 heteroatoms. The molecule has 0 radical (unpaired) electrons. The average molecular weight is 426 g/mol. The van der Waals surface area contributed by atoms with E-state index in [-0.39, 0.29) is 16.4 Å². The highest BCUT2D eigenvalue weighted by molar-refractivity contribution is 7.87. The van der Waals surface area contributed by atoms with Crippen LogP contribution < -0.4 is 14.8 Å². The van der Waals surface area contributed by atoms with Crippen molar-refractivity contribution >= 4 is 27.5 Å². The smallest absolute Gasteiger partial charge is 0.339 e. The van der Waals surface area contributed by atoms with Gasteiger partial charge in [-0.2, -0.15) is 8.42 Å². The predicted octanol–water partition coefficient (Wildman–Crippen LogP) is 4.73. The topological polar surface area (TPSA) is 105 Å². The molecule has 0 saturated carbocycles. The van der Waals surface area contributed by atoms with E-state index in [9.17, 15) is 18.3 Å². The summed E-state index contributed by atoms with van der Waals surface area (Å²) in [6, 6.07) is 15.2. The molecule has 30 heavy (non-hydrogen) atoms. The van der Waals surface area contributed by atoms with Crippen molar-refractivity contribution in [1.29, 1.82) is 0 Å². The summed E-state index contributed by atoms with van der Waals surface area (Å²) in [6.45, 7) is 5.37. The molecule has 2 amide bonds. The zero-order valence-electron chi connectivity index (χ0n) is 16.8. The summed E-state index contributed by atoms with van der Waals surface area (Å²) in [5.41, 5.74) is 3.19. The van der Waals surface area contributed by atoms with E-state index in [2.05, 4.69) is 10.6 Å². The number of urea groups is 1. The van der Waals surface area contributed by atoms with Crippen molar-refractivity contribution in [3.8, 4) is 11.5 Å². The quantitative estimate of drug-likeness (QED) is 0.404. The van der Waals surface area contributed by atoms with Gasteiger partial charge >= 0.3 is 16.1 Å². The third-order valence-electron chi connectivity index (χ3n) is 4.30. The lowest BCUT2D eigenvalue weighted by molar-refractivity contribution is 0.262. The number of nitrogens with one attached hydrogen (secondary N) is 2. The van der Waals surface area contributed by atoms with E-state index < -0.39 is 16.1 Å². The lowest BCUT2D eigenvalue weighted by Crippen LogP contribution is -2.19. The van der Waals surface area contributed by atoms with Gasteiger partial charge in [0.15, 0.2) is 0 Å². The van der Waals surface area contributed by atoms with Gasteiger partial charge in [0.2, 0.25) is 0 Å². The van der Waals surface area contributed by atoms with Gasteiger partial charge in [-0.1, -0.05) is 17.7 Å². The molecule has 0 aliphatic carbocycles. The molecule has 3 rings (SSSR count). The number of hydrogen-bond acceptors (Lipinski definition) is 5. The third-order valence-corrected chi connectivity index (χ3v) is 5.85. The summed E-state index contributed by atoms with van der Waals surface area (Å²) in [5, 5.41) is 14.5. The van der Waals surface area contributed by atoms with Gasteiger partial charge in [0.25, 0.3) is 0 Å². The summed E-state index contributed by atoms with van der Waals surface area (Å²) >= 11 is 0. The van der Waals surface area contributed by atoms with E-state index >= 15 is 0 Å². The number of carbonyl (C=O) groups excluding carboxylic acids is 1. The second kappa shape index (κ2) is 8.46. The summed E-state index contributed by atoms with van der Waals surface area (Å²) < 4.78 is 30.7. The van der Waals surface area contributed by atoms with Crippen molar-refractivity contribution in [2.45, 2.75) is 25.7 Å². The molecule has 0 aromatic heterocycles. The first-order valence-corrected chi connectivity index (χ1v) is 10.5. The second-order valence-electron chi connectivity index (χ2n) is 6.92. The Morgan fingerprint density at radius 3 is 1.80 bits per heavy atom. The summed E-state index contributed by atoms with van der Waals surface area (Å²) in [7, 11) is -3.99. The Labute approximate surface area is 175 Å². The molecule has 7 nitrogen and oxygen atoms in total. The summed E-state index contributed by atoms with van der Waals surface area (Å²) in [6.07, 6.45) is 0. The highest BCUT2D eigenvalue weighted by Gasteiger charge is 2.22. The van der Waals surface area contributed by atoms with Crippen LogP contribution in [0.4, 0.5) is 16.2 Å². The highest BCUT2D eigenvalue weighted by atomic mass is 32.2. The standard InChI is InChI=1S/C22H22N2O5S/c1-14-12-15(2)21(16(3)13-14)30(27,28)29-20-10-6-18(7-11-20)24-22(26)23-17-4-8-19(25)9-5-17/h4-13,25H,1-3H3,(H2,23,24,26). The molecule has 156 valence electrons. The molecule has 3 N–H and O–H groups in total. The maximum atomic E-state index is 12.7. The second-order valence-corrected chi connectivity index (χ2v) is 8.40. The number of amides is 2. The molecule has 3 aromatic rings. The first-order valence-electron chi connectivity index (χ1n) is 9.13. The molecule has 0 spiro atoms. The SMILES string of the molecule is Cc1cc(C)c(S(=O)(=O)Oc2ccc(NC(=O)Nc3ccc(O)cc3)cc2)c(C)c1. The number of anilines is 2. The molecule has 0 aliphatic heterocycles. The fourth-order valence-corrected chi connectivity index (χ4v) is 4.52. The summed E-state index contributed by atoms with van der Waals surface area (Å²) in [5.74, 6) is 0.237. The van der Waals surface area contributed by atoms with Gasteiger partial charge < -0.3 is 19.9 Å². The van der Waals surface area contributed by atoms with Crippen LogP contribution in [0.2, 0.25) is 0 Å². The first-order chi connectivity index (χ1) is 14.1. The minimum Gasteiger partial charge on any atom is -0.508 e. The largest absolute Gasteiger partial charge is 0.508 e. The maximum Gasteiger partial charge on any atom is 0.339 e. The van der Waals surface area contributed by atoms with Crippen LogP contribution in [-0.4, -0.2) is 19.6 Å². The van der Waals surface area contributed by atoms with Crippen molar-refractivity contribution in [2.75, 3.05) is 10.6 Å². The molecule has 0 unspecified atom stereocenters. The minimum atomic E-state index is -3.99. The fraction of sp³-hybridized carbons (Fsp3) is 0.136. The lowest BCUT2D eigenvalue weighted by atomic mass is 10.1. The Kier molecular flexibility index (Phi) is 5.98. The molecule has 0 bridgehead atoms. The number of hydrogen-bond donors (Lipinski definition) is 3. The Balaban J connectivity index is 1.68. The molecular formula is C22H22N2O5S. The molecule has 3 aromatic carbocycles. The van der Waals surface area contributed by atoms with Gasteiger partial charge in [0, 0.05) is 11.4 Å². The van der Waals surface area contributed by atoms with Crippen LogP contribution in [0, 0.1) is 20.8 Å². The van der Waals surface area contributed by atoms with Gasteiger partial charge in [0.05, 0.1) is 0 Å². The van der Waals surface area contributed by atoms with Crippen molar-refractivity contribution in [3.05, 3.63) is 77.4 Å². The van der Waals surface area contributed by atoms with Crippen molar-refractivity contribution in [3.63, 3.8) is 0 Å². The molecule has 0 heterocycles. The third kappa shape index (κ3) is 5.09. The van der Waals surface area contributed by atoms with Crippen LogP contribution >= 0.6 is 0 Å². The van der Waals surface area contributed by atoms with E-state index in [1.54, 1.807) is 38.1 Å². The highest BCUT2D eigenvalue weighted by Crippen LogP contribution is 2.26. The zero-order chi connectivity index (χ0) is 21.9. The monoisotopic (exact) mass is 426 g/mol. The Bertz CT molecular complexity index is 1150. The molecule has 0 fully saturated rings. The molecular weight excluding hydrogens is 404 g/mol. The van der Waals surface area contributed by atoms with E-state index in [0.717, 1.165) is 5.56 Å². The number of rotatable bonds is 5. The van der Waals surface area contributed by atoms with Crippen LogP contribution in [0.25, 0.3) is 0 Å². The molecule has 0 saturated heterocycles.